The minimum atomic E-state index is 0.649. The number of aromatic nitrogens is 2. The van der Waals surface area contributed by atoms with Crippen LogP contribution < -0.4 is 5.32 Å². The summed E-state index contributed by atoms with van der Waals surface area (Å²) in [6.07, 6.45) is 1.86. The van der Waals surface area contributed by atoms with E-state index in [1.807, 2.05) is 5.38 Å². The van der Waals surface area contributed by atoms with Crippen LogP contribution in [-0.4, -0.2) is 23.3 Å². The SMILES string of the molecule is CCNCCCc1nnc(-c2sccc2C)o1. The normalized spacial score (nSPS) is 10.9. The van der Waals surface area contributed by atoms with Gasteiger partial charge in [-0.3, -0.25) is 0 Å². The van der Waals surface area contributed by atoms with Crippen LogP contribution in [0.4, 0.5) is 0 Å². The lowest BCUT2D eigenvalue weighted by molar-refractivity contribution is 0.493. The summed E-state index contributed by atoms with van der Waals surface area (Å²) < 4.78 is 5.65. The largest absolute Gasteiger partial charge is 0.420 e. The van der Waals surface area contributed by atoms with Crippen molar-refractivity contribution in [1.29, 1.82) is 0 Å². The molecule has 0 saturated heterocycles. The summed E-state index contributed by atoms with van der Waals surface area (Å²) in [7, 11) is 0. The molecule has 5 heteroatoms. The van der Waals surface area contributed by atoms with Crippen molar-refractivity contribution < 1.29 is 4.42 Å². The molecule has 0 bridgehead atoms. The Hall–Kier alpha value is -1.20. The van der Waals surface area contributed by atoms with Gasteiger partial charge < -0.3 is 9.73 Å². The van der Waals surface area contributed by atoms with Crippen molar-refractivity contribution >= 4 is 11.3 Å². The summed E-state index contributed by atoms with van der Waals surface area (Å²) >= 11 is 1.64. The van der Waals surface area contributed by atoms with Crippen LogP contribution >= 0.6 is 11.3 Å². The highest BCUT2D eigenvalue weighted by molar-refractivity contribution is 7.13. The number of nitrogens with one attached hydrogen (secondary N) is 1. The van der Waals surface area contributed by atoms with Gasteiger partial charge in [0.05, 0.1) is 4.88 Å². The second kappa shape index (κ2) is 5.93. The predicted octanol–water partition coefficient (Wildman–Crippen LogP) is 2.65. The predicted molar refractivity (Wildman–Crippen MR) is 69.2 cm³/mol. The maximum absolute atomic E-state index is 5.65. The molecule has 0 fully saturated rings. The number of thiophene rings is 1. The Labute approximate surface area is 105 Å². The van der Waals surface area contributed by atoms with Gasteiger partial charge in [0.1, 0.15) is 0 Å². The third kappa shape index (κ3) is 3.14. The first-order chi connectivity index (χ1) is 8.31. The highest BCUT2D eigenvalue weighted by atomic mass is 32.1. The molecule has 17 heavy (non-hydrogen) atoms. The first-order valence-electron chi connectivity index (χ1n) is 5.89. The van der Waals surface area contributed by atoms with E-state index in [4.69, 9.17) is 4.42 Å². The lowest BCUT2D eigenvalue weighted by Crippen LogP contribution is -2.14. The molecule has 0 saturated carbocycles. The van der Waals surface area contributed by atoms with Crippen molar-refractivity contribution in [2.75, 3.05) is 13.1 Å². The van der Waals surface area contributed by atoms with Crippen molar-refractivity contribution in [1.82, 2.24) is 15.5 Å². The Balaban J connectivity index is 1.95. The summed E-state index contributed by atoms with van der Waals surface area (Å²) in [5.74, 6) is 1.38. The Morgan fingerprint density at radius 3 is 3.00 bits per heavy atom. The van der Waals surface area contributed by atoms with Gasteiger partial charge in [0.15, 0.2) is 0 Å². The van der Waals surface area contributed by atoms with Gasteiger partial charge in [-0.05, 0) is 43.4 Å². The van der Waals surface area contributed by atoms with E-state index in [0.29, 0.717) is 5.89 Å². The fourth-order valence-corrected chi connectivity index (χ4v) is 2.43. The van der Waals surface area contributed by atoms with E-state index in [2.05, 4.69) is 35.4 Å². The number of rotatable bonds is 6. The van der Waals surface area contributed by atoms with Gasteiger partial charge in [0, 0.05) is 6.42 Å². The van der Waals surface area contributed by atoms with Gasteiger partial charge in [-0.1, -0.05) is 6.92 Å². The van der Waals surface area contributed by atoms with Gasteiger partial charge in [0.2, 0.25) is 5.89 Å². The Morgan fingerprint density at radius 2 is 2.29 bits per heavy atom. The van der Waals surface area contributed by atoms with Crippen LogP contribution in [0.25, 0.3) is 10.8 Å². The average molecular weight is 251 g/mol. The topological polar surface area (TPSA) is 51.0 Å². The molecule has 0 spiro atoms. The van der Waals surface area contributed by atoms with Gasteiger partial charge in [-0.15, -0.1) is 21.5 Å². The zero-order valence-electron chi connectivity index (χ0n) is 10.2. The highest BCUT2D eigenvalue weighted by Crippen LogP contribution is 2.27. The Morgan fingerprint density at radius 1 is 1.41 bits per heavy atom. The van der Waals surface area contributed by atoms with E-state index >= 15 is 0 Å². The van der Waals surface area contributed by atoms with Crippen molar-refractivity contribution in [3.05, 3.63) is 22.9 Å². The number of aryl methyl sites for hydroxylation is 2. The molecule has 2 aromatic rings. The summed E-state index contributed by atoms with van der Waals surface area (Å²) in [5.41, 5.74) is 1.19. The quantitative estimate of drug-likeness (QED) is 0.802. The number of hydrogen-bond donors (Lipinski definition) is 1. The van der Waals surface area contributed by atoms with Crippen LogP contribution in [0.15, 0.2) is 15.9 Å². The summed E-state index contributed by atoms with van der Waals surface area (Å²) in [4.78, 5) is 1.08. The molecule has 0 atom stereocenters. The fourth-order valence-electron chi connectivity index (χ4n) is 1.58. The molecule has 0 aliphatic heterocycles. The van der Waals surface area contributed by atoms with Crippen molar-refractivity contribution in [3.63, 3.8) is 0 Å². The molecule has 4 nitrogen and oxygen atoms in total. The smallest absolute Gasteiger partial charge is 0.257 e. The van der Waals surface area contributed by atoms with Crippen molar-refractivity contribution in [2.24, 2.45) is 0 Å². The highest BCUT2D eigenvalue weighted by Gasteiger charge is 2.11. The van der Waals surface area contributed by atoms with Crippen LogP contribution in [0.3, 0.4) is 0 Å². The van der Waals surface area contributed by atoms with Gasteiger partial charge in [-0.2, -0.15) is 0 Å². The van der Waals surface area contributed by atoms with Gasteiger partial charge in [0.25, 0.3) is 5.89 Å². The second-order valence-corrected chi connectivity index (χ2v) is 4.81. The van der Waals surface area contributed by atoms with Crippen LogP contribution in [0.5, 0.6) is 0 Å². The molecule has 0 aliphatic carbocycles. The first-order valence-corrected chi connectivity index (χ1v) is 6.76. The maximum atomic E-state index is 5.65. The monoisotopic (exact) mass is 251 g/mol. The molecule has 0 aliphatic rings. The summed E-state index contributed by atoms with van der Waals surface area (Å²) in [6, 6.07) is 2.06. The molecule has 0 radical (unpaired) electrons. The molecule has 92 valence electrons. The maximum Gasteiger partial charge on any atom is 0.257 e. The molecule has 1 N–H and O–H groups in total. The van der Waals surface area contributed by atoms with Crippen LogP contribution in [0, 0.1) is 6.92 Å². The van der Waals surface area contributed by atoms with E-state index in [9.17, 15) is 0 Å². The minimum Gasteiger partial charge on any atom is -0.420 e. The second-order valence-electron chi connectivity index (χ2n) is 3.89. The Bertz CT molecular complexity index is 464. The lowest BCUT2D eigenvalue weighted by Gasteiger charge is -1.97. The molecular weight excluding hydrogens is 234 g/mol. The molecule has 2 heterocycles. The summed E-state index contributed by atoms with van der Waals surface area (Å²) in [6.45, 7) is 6.15. The minimum absolute atomic E-state index is 0.649. The van der Waals surface area contributed by atoms with Gasteiger partial charge in [-0.25, -0.2) is 0 Å². The van der Waals surface area contributed by atoms with E-state index in [0.717, 1.165) is 36.7 Å². The third-order valence-electron chi connectivity index (χ3n) is 2.52. The molecular formula is C12H17N3OS. The van der Waals surface area contributed by atoms with Crippen molar-refractivity contribution in [3.8, 4) is 10.8 Å². The molecule has 0 aromatic carbocycles. The molecule has 0 amide bonds. The number of hydrogen-bond acceptors (Lipinski definition) is 5. The van der Waals surface area contributed by atoms with Crippen LogP contribution in [0.2, 0.25) is 0 Å². The van der Waals surface area contributed by atoms with Gasteiger partial charge >= 0.3 is 0 Å². The standard InChI is InChI=1S/C12H17N3OS/c1-3-13-7-4-5-10-14-15-12(16-10)11-9(2)6-8-17-11/h6,8,13H,3-5,7H2,1-2H3. The average Bonchev–Trinajstić information content (AvgIpc) is 2.93. The van der Waals surface area contributed by atoms with E-state index in [1.165, 1.54) is 5.56 Å². The molecule has 0 unspecified atom stereocenters. The van der Waals surface area contributed by atoms with Crippen LogP contribution in [0.1, 0.15) is 24.8 Å². The van der Waals surface area contributed by atoms with E-state index in [-0.39, 0.29) is 0 Å². The lowest BCUT2D eigenvalue weighted by atomic mass is 10.3. The van der Waals surface area contributed by atoms with Crippen molar-refractivity contribution in [2.45, 2.75) is 26.7 Å². The van der Waals surface area contributed by atoms with Crippen LogP contribution in [-0.2, 0) is 6.42 Å². The molecule has 2 rings (SSSR count). The zero-order valence-corrected chi connectivity index (χ0v) is 11.0. The third-order valence-corrected chi connectivity index (χ3v) is 3.52. The zero-order chi connectivity index (χ0) is 12.1. The Kier molecular flexibility index (Phi) is 4.28. The van der Waals surface area contributed by atoms with E-state index < -0.39 is 0 Å². The first kappa shape index (κ1) is 12.3. The summed E-state index contributed by atoms with van der Waals surface area (Å²) in [5, 5.41) is 13.5. The number of nitrogens with zero attached hydrogens (tertiary/aromatic N) is 2. The fraction of sp³-hybridized carbons (Fsp3) is 0.500. The molecule has 2 aromatic heterocycles. The van der Waals surface area contributed by atoms with E-state index in [1.54, 1.807) is 11.3 Å².